The van der Waals surface area contributed by atoms with Gasteiger partial charge in [-0.2, -0.15) is 0 Å². The average Bonchev–Trinajstić information content (AvgIpc) is 2.39. The summed E-state index contributed by atoms with van der Waals surface area (Å²) in [6.07, 6.45) is 2.57. The van der Waals surface area contributed by atoms with Crippen molar-refractivity contribution in [1.82, 2.24) is 14.7 Å². The topological polar surface area (TPSA) is 26.8 Å². The van der Waals surface area contributed by atoms with Crippen LogP contribution in [-0.2, 0) is 4.79 Å². The summed E-state index contributed by atoms with van der Waals surface area (Å²) in [5, 5.41) is 0. The molecule has 0 unspecified atom stereocenters. The molecule has 0 N–H and O–H groups in total. The number of amides is 1. The zero-order valence-corrected chi connectivity index (χ0v) is 12.1. The third-order valence-electron chi connectivity index (χ3n) is 4.32. The van der Waals surface area contributed by atoms with Crippen molar-refractivity contribution >= 4 is 5.91 Å². The third-order valence-corrected chi connectivity index (χ3v) is 4.32. The number of likely N-dealkylation sites (tertiary alicyclic amines) is 1. The number of nitrogens with zero attached hydrogens (tertiary/aromatic N) is 3. The van der Waals surface area contributed by atoms with Gasteiger partial charge in [-0.05, 0) is 33.0 Å². The molecule has 2 rings (SSSR count). The molecule has 4 nitrogen and oxygen atoms in total. The van der Waals surface area contributed by atoms with Crippen molar-refractivity contribution in [3.63, 3.8) is 0 Å². The average molecular weight is 253 g/mol. The first-order chi connectivity index (χ1) is 8.58. The van der Waals surface area contributed by atoms with Crippen molar-refractivity contribution < 1.29 is 4.79 Å². The Morgan fingerprint density at radius 2 is 1.56 bits per heavy atom. The van der Waals surface area contributed by atoms with Gasteiger partial charge in [0, 0.05) is 38.1 Å². The fourth-order valence-corrected chi connectivity index (χ4v) is 3.03. The highest BCUT2D eigenvalue weighted by Crippen LogP contribution is 2.18. The molecule has 0 saturated carbocycles. The Morgan fingerprint density at radius 3 is 2.06 bits per heavy atom. The number of hydrogen-bond donors (Lipinski definition) is 0. The fraction of sp³-hybridized carbons (Fsp3) is 0.929. The highest BCUT2D eigenvalue weighted by atomic mass is 16.2. The molecule has 2 saturated heterocycles. The monoisotopic (exact) mass is 253 g/mol. The van der Waals surface area contributed by atoms with E-state index in [2.05, 4.69) is 16.8 Å². The summed E-state index contributed by atoms with van der Waals surface area (Å²) < 4.78 is 0. The number of rotatable bonds is 2. The largest absolute Gasteiger partial charge is 0.340 e. The molecule has 18 heavy (non-hydrogen) atoms. The second kappa shape index (κ2) is 6.02. The zero-order chi connectivity index (χ0) is 13.1. The summed E-state index contributed by atoms with van der Waals surface area (Å²) in [5.74, 6) is 0.456. The van der Waals surface area contributed by atoms with Crippen molar-refractivity contribution in [3.05, 3.63) is 0 Å². The number of hydrogen-bond acceptors (Lipinski definition) is 3. The molecule has 0 bridgehead atoms. The minimum atomic E-state index is 0.139. The van der Waals surface area contributed by atoms with Crippen LogP contribution in [0.5, 0.6) is 0 Å². The van der Waals surface area contributed by atoms with Gasteiger partial charge >= 0.3 is 0 Å². The van der Waals surface area contributed by atoms with Crippen LogP contribution in [0.15, 0.2) is 0 Å². The Hall–Kier alpha value is -0.610. The van der Waals surface area contributed by atoms with Gasteiger partial charge < -0.3 is 9.80 Å². The van der Waals surface area contributed by atoms with E-state index in [-0.39, 0.29) is 5.92 Å². The third kappa shape index (κ3) is 3.23. The normalized spacial score (nSPS) is 24.8. The predicted octanol–water partition coefficient (Wildman–Crippen LogP) is 0.881. The van der Waals surface area contributed by atoms with Gasteiger partial charge in [0.25, 0.3) is 0 Å². The molecule has 4 heteroatoms. The lowest BCUT2D eigenvalue weighted by atomic mass is 10.0. The highest BCUT2D eigenvalue weighted by Gasteiger charge is 2.28. The summed E-state index contributed by atoms with van der Waals surface area (Å²) >= 11 is 0. The van der Waals surface area contributed by atoms with Gasteiger partial charge in [-0.3, -0.25) is 9.69 Å². The van der Waals surface area contributed by atoms with Crippen molar-refractivity contribution in [2.45, 2.75) is 32.7 Å². The molecule has 0 aliphatic carbocycles. The highest BCUT2D eigenvalue weighted by molar-refractivity contribution is 5.78. The minimum absolute atomic E-state index is 0.139. The van der Waals surface area contributed by atoms with Gasteiger partial charge in [0.05, 0.1) is 0 Å². The van der Waals surface area contributed by atoms with Gasteiger partial charge in [0.2, 0.25) is 5.91 Å². The molecule has 2 heterocycles. The molecule has 104 valence electrons. The number of carbonyl (C=O) groups excluding carboxylic acids is 1. The molecule has 0 aromatic carbocycles. The van der Waals surface area contributed by atoms with Crippen molar-refractivity contribution in [2.24, 2.45) is 5.92 Å². The van der Waals surface area contributed by atoms with E-state index in [1.54, 1.807) is 0 Å². The maximum absolute atomic E-state index is 11.9. The fourth-order valence-electron chi connectivity index (χ4n) is 3.03. The molecular weight excluding hydrogens is 226 g/mol. The van der Waals surface area contributed by atoms with Gasteiger partial charge in [-0.15, -0.1) is 0 Å². The first kappa shape index (κ1) is 13.8. The molecular formula is C14H27N3O. The lowest BCUT2D eigenvalue weighted by molar-refractivity contribution is -0.136. The Balaban J connectivity index is 1.78. The zero-order valence-electron chi connectivity index (χ0n) is 12.1. The van der Waals surface area contributed by atoms with Crippen molar-refractivity contribution in [2.75, 3.05) is 46.3 Å². The summed E-state index contributed by atoms with van der Waals surface area (Å²) in [7, 11) is 2.20. The van der Waals surface area contributed by atoms with E-state index in [1.165, 1.54) is 25.9 Å². The standard InChI is InChI=1S/C14H27N3O/c1-12(2)14(18)17-10-8-16(9-11-17)13-4-6-15(3)7-5-13/h12-13H,4-11H2,1-3H3. The van der Waals surface area contributed by atoms with E-state index in [4.69, 9.17) is 0 Å². The molecule has 2 fully saturated rings. The van der Waals surface area contributed by atoms with Crippen LogP contribution in [-0.4, -0.2) is 73.0 Å². The molecule has 0 radical (unpaired) electrons. The maximum atomic E-state index is 11.9. The van der Waals surface area contributed by atoms with E-state index in [9.17, 15) is 4.79 Å². The van der Waals surface area contributed by atoms with Crippen LogP contribution in [0.2, 0.25) is 0 Å². The van der Waals surface area contributed by atoms with Crippen molar-refractivity contribution in [3.8, 4) is 0 Å². The quantitative estimate of drug-likeness (QED) is 0.731. The van der Waals surface area contributed by atoms with Gasteiger partial charge in [-0.25, -0.2) is 0 Å². The molecule has 2 aliphatic rings. The Morgan fingerprint density at radius 1 is 1.00 bits per heavy atom. The maximum Gasteiger partial charge on any atom is 0.225 e. The lowest BCUT2D eigenvalue weighted by Gasteiger charge is -2.42. The number of piperidine rings is 1. The van der Waals surface area contributed by atoms with E-state index in [1.807, 2.05) is 18.7 Å². The summed E-state index contributed by atoms with van der Waals surface area (Å²) in [5.41, 5.74) is 0. The predicted molar refractivity (Wildman–Crippen MR) is 73.5 cm³/mol. The SMILES string of the molecule is CC(C)C(=O)N1CCN(C2CCN(C)CC2)CC1. The minimum Gasteiger partial charge on any atom is -0.340 e. The van der Waals surface area contributed by atoms with E-state index in [0.29, 0.717) is 5.91 Å². The first-order valence-corrected chi connectivity index (χ1v) is 7.29. The molecule has 0 aromatic heterocycles. The van der Waals surface area contributed by atoms with Crippen LogP contribution in [0.25, 0.3) is 0 Å². The molecule has 1 amide bonds. The van der Waals surface area contributed by atoms with Crippen LogP contribution in [0.1, 0.15) is 26.7 Å². The van der Waals surface area contributed by atoms with Crippen LogP contribution in [0.4, 0.5) is 0 Å². The van der Waals surface area contributed by atoms with Crippen LogP contribution < -0.4 is 0 Å². The molecule has 0 atom stereocenters. The number of carbonyl (C=O) groups is 1. The van der Waals surface area contributed by atoms with Crippen LogP contribution in [0.3, 0.4) is 0 Å². The summed E-state index contributed by atoms with van der Waals surface area (Å²) in [6, 6.07) is 0.748. The van der Waals surface area contributed by atoms with E-state index in [0.717, 1.165) is 32.2 Å². The van der Waals surface area contributed by atoms with Crippen molar-refractivity contribution in [1.29, 1.82) is 0 Å². The molecule has 2 aliphatic heterocycles. The van der Waals surface area contributed by atoms with Gasteiger partial charge in [0.1, 0.15) is 0 Å². The van der Waals surface area contributed by atoms with Crippen LogP contribution in [0, 0.1) is 5.92 Å². The number of piperazine rings is 1. The Bertz CT molecular complexity index is 277. The second-order valence-electron chi connectivity index (χ2n) is 6.05. The van der Waals surface area contributed by atoms with Gasteiger partial charge in [0.15, 0.2) is 0 Å². The van der Waals surface area contributed by atoms with Gasteiger partial charge in [-0.1, -0.05) is 13.8 Å². The lowest BCUT2D eigenvalue weighted by Crippen LogP contribution is -2.54. The first-order valence-electron chi connectivity index (χ1n) is 7.29. The molecule has 0 spiro atoms. The smallest absolute Gasteiger partial charge is 0.225 e. The summed E-state index contributed by atoms with van der Waals surface area (Å²) in [4.78, 5) is 19.0. The second-order valence-corrected chi connectivity index (χ2v) is 6.05. The Kier molecular flexibility index (Phi) is 4.62. The Labute approximate surface area is 111 Å². The summed E-state index contributed by atoms with van der Waals surface area (Å²) in [6.45, 7) is 10.4. The van der Waals surface area contributed by atoms with Crippen LogP contribution >= 0.6 is 0 Å². The molecule has 0 aromatic rings. The van der Waals surface area contributed by atoms with E-state index < -0.39 is 0 Å². The van der Waals surface area contributed by atoms with E-state index >= 15 is 0 Å².